The lowest BCUT2D eigenvalue weighted by Crippen LogP contribution is -2.64. The van der Waals surface area contributed by atoms with Crippen LogP contribution < -0.4 is 4.74 Å². The number of allylic oxidation sites excluding steroid dienone is 3. The molecule has 0 spiro atoms. The third-order valence-electron chi connectivity index (χ3n) is 13.9. The number of rotatable bonds is 8. The molecule has 0 radical (unpaired) electrons. The first-order chi connectivity index (χ1) is 29.5. The van der Waals surface area contributed by atoms with Crippen LogP contribution >= 0.6 is 0 Å². The molecule has 13 atom stereocenters. The number of carbonyl (C=O) groups excluding carboxylic acids is 4. The molecule has 3 N–H and O–H groups in total. The maximum Gasteiger partial charge on any atom is 0.329 e. The molecular formula is C49H73NO12. The van der Waals surface area contributed by atoms with Crippen LogP contribution in [0.1, 0.15) is 124 Å². The van der Waals surface area contributed by atoms with Crippen molar-refractivity contribution in [3.63, 3.8) is 0 Å². The molecule has 1 aliphatic carbocycles. The third-order valence-corrected chi connectivity index (χ3v) is 13.9. The zero-order valence-corrected chi connectivity index (χ0v) is 38.3. The maximum absolute atomic E-state index is 14.4. The molecule has 13 heteroatoms. The zero-order valence-electron chi connectivity index (χ0n) is 38.3. The van der Waals surface area contributed by atoms with Gasteiger partial charge in [0, 0.05) is 39.0 Å². The van der Waals surface area contributed by atoms with Crippen molar-refractivity contribution in [3.8, 4) is 5.75 Å². The summed E-state index contributed by atoms with van der Waals surface area (Å²) < 4.78 is 30.7. The molecule has 3 heterocycles. The molecule has 1 saturated carbocycles. The number of carbonyl (C=O) groups is 4. The molecule has 0 aromatic heterocycles. The Hall–Kier alpha value is -3.46. The smallest absolute Gasteiger partial charge is 0.329 e. The first kappa shape index (κ1) is 49.6. The average Bonchev–Trinajstić information content (AvgIpc) is 3.26. The van der Waals surface area contributed by atoms with Crippen molar-refractivity contribution in [1.82, 2.24) is 4.90 Å². The number of amides is 1. The first-order valence-corrected chi connectivity index (χ1v) is 23.0. The predicted molar refractivity (Wildman–Crippen MR) is 233 cm³/mol. The van der Waals surface area contributed by atoms with Crippen LogP contribution in [0.2, 0.25) is 0 Å². The molecule has 5 rings (SSSR count). The monoisotopic (exact) mass is 868 g/mol. The molecule has 13 unspecified atom stereocenters. The standard InChI is InChI=1S/C49H73NO12/c1-9-36-23-29(2)22-30(3)24-42(58-7)45-43(59-8)26-33(6)49(57,62-45)46(54)47(55)50-21-11-10-12-38(50)48(56)61-44(31(4)13-19-39(36)52)32(5)25-35-16-20-40(53)41(27-35)60-37-17-14-34(28-51)15-18-37/h14-15,17-18,23,25,30-31,33,35-36,38,40-45,51,53,57H,9-13,16,19-22,24,26-28H2,1-8H3/b29-23+,32-25?. The molecule has 1 aromatic rings. The summed E-state index contributed by atoms with van der Waals surface area (Å²) in [5.74, 6) is -5.89. The summed E-state index contributed by atoms with van der Waals surface area (Å²) in [5.41, 5.74) is 2.61. The maximum atomic E-state index is 14.4. The Labute approximate surface area is 368 Å². The van der Waals surface area contributed by atoms with E-state index in [-0.39, 0.29) is 61.9 Å². The molecule has 346 valence electrons. The summed E-state index contributed by atoms with van der Waals surface area (Å²) in [6.07, 6.45) is 6.21. The number of Topliss-reactive ketones (excluding diaryl/α,β-unsaturated/α-hetero) is 2. The summed E-state index contributed by atoms with van der Waals surface area (Å²) >= 11 is 0. The van der Waals surface area contributed by atoms with E-state index in [4.69, 9.17) is 23.7 Å². The number of hydrogen-bond donors (Lipinski definition) is 3. The zero-order chi connectivity index (χ0) is 45.3. The van der Waals surface area contributed by atoms with Crippen molar-refractivity contribution in [1.29, 1.82) is 0 Å². The Morgan fingerprint density at radius 3 is 2.29 bits per heavy atom. The minimum atomic E-state index is -2.49. The fourth-order valence-corrected chi connectivity index (χ4v) is 10.1. The molecule has 4 aliphatic rings. The number of esters is 1. The van der Waals surface area contributed by atoms with E-state index in [1.165, 1.54) is 4.90 Å². The Balaban J connectivity index is 1.47. The summed E-state index contributed by atoms with van der Waals surface area (Å²) in [5, 5.41) is 32.5. The highest BCUT2D eigenvalue weighted by Gasteiger charge is 2.56. The van der Waals surface area contributed by atoms with Crippen molar-refractivity contribution in [2.24, 2.45) is 29.6 Å². The second-order valence-corrected chi connectivity index (χ2v) is 18.7. The van der Waals surface area contributed by atoms with Crippen LogP contribution in [0.4, 0.5) is 0 Å². The van der Waals surface area contributed by atoms with Gasteiger partial charge in [0.1, 0.15) is 35.9 Å². The lowest BCUT2D eigenvalue weighted by Gasteiger charge is -2.47. The molecule has 62 heavy (non-hydrogen) atoms. The van der Waals surface area contributed by atoms with Gasteiger partial charge in [-0.15, -0.1) is 0 Å². The average molecular weight is 868 g/mol. The van der Waals surface area contributed by atoms with E-state index in [2.05, 4.69) is 19.1 Å². The van der Waals surface area contributed by atoms with E-state index in [9.17, 15) is 34.5 Å². The first-order valence-electron chi connectivity index (χ1n) is 23.0. The Kier molecular flexibility index (Phi) is 17.9. The molecular weight excluding hydrogens is 795 g/mol. The van der Waals surface area contributed by atoms with Crippen molar-refractivity contribution >= 4 is 23.4 Å². The van der Waals surface area contributed by atoms with Crippen LogP contribution in [0.5, 0.6) is 5.75 Å². The number of benzene rings is 1. The highest BCUT2D eigenvalue weighted by molar-refractivity contribution is 6.39. The van der Waals surface area contributed by atoms with Gasteiger partial charge in [-0.25, -0.2) is 4.79 Å². The van der Waals surface area contributed by atoms with E-state index < -0.39 is 72.0 Å². The van der Waals surface area contributed by atoms with Crippen LogP contribution in [0.3, 0.4) is 0 Å². The second kappa shape index (κ2) is 22.4. The molecule has 13 nitrogen and oxygen atoms in total. The summed E-state index contributed by atoms with van der Waals surface area (Å²) in [7, 11) is 3.09. The topological polar surface area (TPSA) is 178 Å². The van der Waals surface area contributed by atoms with Gasteiger partial charge < -0.3 is 43.9 Å². The third kappa shape index (κ3) is 12.0. The van der Waals surface area contributed by atoms with Crippen LogP contribution in [-0.4, -0.2) is 113 Å². The second-order valence-electron chi connectivity index (χ2n) is 18.7. The molecule has 1 amide bonds. The Bertz CT molecular complexity index is 1740. The van der Waals surface area contributed by atoms with Crippen molar-refractivity contribution < 1.29 is 58.2 Å². The minimum Gasteiger partial charge on any atom is -0.488 e. The lowest BCUT2D eigenvalue weighted by atomic mass is 9.82. The van der Waals surface area contributed by atoms with Gasteiger partial charge in [-0.05, 0) is 125 Å². The van der Waals surface area contributed by atoms with Gasteiger partial charge in [-0.2, -0.15) is 0 Å². The number of piperidine rings is 1. The number of nitrogens with zero attached hydrogens (tertiary/aromatic N) is 1. The van der Waals surface area contributed by atoms with Gasteiger partial charge in [0.15, 0.2) is 0 Å². The number of aliphatic hydroxyl groups is 3. The molecule has 2 bridgehead atoms. The van der Waals surface area contributed by atoms with Gasteiger partial charge >= 0.3 is 5.97 Å². The number of aliphatic hydroxyl groups excluding tert-OH is 2. The van der Waals surface area contributed by atoms with E-state index in [0.717, 1.165) is 16.7 Å². The van der Waals surface area contributed by atoms with Gasteiger partial charge in [0.25, 0.3) is 11.7 Å². The number of ether oxygens (including phenoxy) is 5. The van der Waals surface area contributed by atoms with Crippen molar-refractivity contribution in [3.05, 3.63) is 53.1 Å². The van der Waals surface area contributed by atoms with Gasteiger partial charge in [-0.3, -0.25) is 14.4 Å². The fraction of sp³-hybridized carbons (Fsp3) is 0.714. The number of hydrogen-bond acceptors (Lipinski definition) is 12. The van der Waals surface area contributed by atoms with E-state index in [0.29, 0.717) is 63.5 Å². The van der Waals surface area contributed by atoms with E-state index in [1.807, 2.05) is 27.7 Å². The molecule has 1 aromatic carbocycles. The van der Waals surface area contributed by atoms with Crippen molar-refractivity contribution in [2.45, 2.75) is 174 Å². The predicted octanol–water partition coefficient (Wildman–Crippen LogP) is 6.43. The Morgan fingerprint density at radius 1 is 0.935 bits per heavy atom. The van der Waals surface area contributed by atoms with Crippen LogP contribution in [-0.2, 0) is 44.7 Å². The molecule has 2 saturated heterocycles. The van der Waals surface area contributed by atoms with Crippen molar-refractivity contribution in [2.75, 3.05) is 20.8 Å². The number of cyclic esters (lactones) is 1. The highest BCUT2D eigenvalue weighted by atomic mass is 16.7. The minimum absolute atomic E-state index is 0.0133. The Morgan fingerprint density at radius 2 is 1.63 bits per heavy atom. The highest BCUT2D eigenvalue weighted by Crippen LogP contribution is 2.39. The van der Waals surface area contributed by atoms with Gasteiger partial charge in [-0.1, -0.05) is 57.6 Å². The quantitative estimate of drug-likeness (QED) is 0.149. The molecule has 3 aliphatic heterocycles. The van der Waals surface area contributed by atoms with E-state index >= 15 is 0 Å². The van der Waals surface area contributed by atoms with Gasteiger partial charge in [0.05, 0.1) is 24.9 Å². The summed E-state index contributed by atoms with van der Waals surface area (Å²) in [6, 6.07) is 6.04. The fourth-order valence-electron chi connectivity index (χ4n) is 10.1. The SMILES string of the molecule is CCC1/C=C(\C)CC(C)CC(OC)C2OC(O)(C(=O)C(=O)N3CCCCC3C(=O)OC(C(C)=CC3CCC(O)C(Oc4ccc(CO)cc4)C3)C(C)CCC1=O)C(C)CC2OC. The summed E-state index contributed by atoms with van der Waals surface area (Å²) in [4.78, 5) is 58.2. The van der Waals surface area contributed by atoms with E-state index in [1.54, 1.807) is 45.4 Å². The summed E-state index contributed by atoms with van der Waals surface area (Å²) in [6.45, 7) is 11.7. The number of ketones is 2. The normalized spacial score (nSPS) is 37.4. The lowest BCUT2D eigenvalue weighted by molar-refractivity contribution is -0.302. The number of methoxy groups -OCH3 is 2. The van der Waals surface area contributed by atoms with Gasteiger partial charge in [0.2, 0.25) is 5.79 Å². The largest absolute Gasteiger partial charge is 0.488 e. The number of fused-ring (bicyclic) bond motifs is 3. The van der Waals surface area contributed by atoms with Crippen LogP contribution in [0, 0.1) is 29.6 Å². The van der Waals surface area contributed by atoms with Crippen LogP contribution in [0.15, 0.2) is 47.6 Å². The van der Waals surface area contributed by atoms with Crippen LogP contribution in [0.25, 0.3) is 0 Å². The molecule has 3 fully saturated rings.